The summed E-state index contributed by atoms with van der Waals surface area (Å²) in [6.07, 6.45) is 2.83. The number of hydrogen-bond acceptors (Lipinski definition) is 5. The van der Waals surface area contributed by atoms with Crippen LogP contribution in [0.3, 0.4) is 0 Å². The summed E-state index contributed by atoms with van der Waals surface area (Å²) in [5.41, 5.74) is 1.46. The summed E-state index contributed by atoms with van der Waals surface area (Å²) in [4.78, 5) is 0.292. The van der Waals surface area contributed by atoms with E-state index >= 15 is 0 Å². The van der Waals surface area contributed by atoms with Gasteiger partial charge in [-0.05, 0) is 12.1 Å². The van der Waals surface area contributed by atoms with Crippen molar-refractivity contribution < 1.29 is 8.42 Å². The van der Waals surface area contributed by atoms with Gasteiger partial charge in [-0.3, -0.25) is 4.68 Å². The van der Waals surface area contributed by atoms with Crippen LogP contribution >= 0.6 is 0 Å². The molecule has 0 radical (unpaired) electrons. The molecule has 0 amide bonds. The zero-order chi connectivity index (χ0) is 13.2. The molecule has 96 valence electrons. The molecular weight excluding hydrogens is 252 g/mol. The first-order valence-electron chi connectivity index (χ1n) is 5.35. The summed E-state index contributed by atoms with van der Waals surface area (Å²) in [5.74, 6) is 0. The lowest BCUT2D eigenvalue weighted by molar-refractivity contribution is 0.602. The van der Waals surface area contributed by atoms with Crippen LogP contribution in [0, 0.1) is 0 Å². The Morgan fingerprint density at radius 3 is 2.67 bits per heavy atom. The second kappa shape index (κ2) is 4.77. The van der Waals surface area contributed by atoms with Crippen molar-refractivity contribution in [2.24, 2.45) is 7.05 Å². The summed E-state index contributed by atoms with van der Waals surface area (Å²) in [5, 5.41) is 10.7. The minimum Gasteiger partial charge on any atom is -0.378 e. The van der Waals surface area contributed by atoms with Crippen molar-refractivity contribution in [3.8, 4) is 0 Å². The van der Waals surface area contributed by atoms with E-state index in [-0.39, 0.29) is 0 Å². The summed E-state index contributed by atoms with van der Waals surface area (Å²) < 4.78 is 24.9. The Morgan fingerprint density at radius 2 is 2.06 bits per heavy atom. The van der Waals surface area contributed by atoms with Crippen molar-refractivity contribution in [2.45, 2.75) is 11.4 Å². The van der Waals surface area contributed by atoms with Gasteiger partial charge >= 0.3 is 0 Å². The molecule has 0 bridgehead atoms. The Morgan fingerprint density at radius 1 is 1.33 bits per heavy atom. The van der Waals surface area contributed by atoms with Crippen LogP contribution in [-0.2, 0) is 23.4 Å². The lowest BCUT2D eigenvalue weighted by atomic mass is 10.3. The molecule has 0 saturated carbocycles. The molecule has 2 rings (SSSR count). The third-order valence-electron chi connectivity index (χ3n) is 2.55. The van der Waals surface area contributed by atoms with Gasteiger partial charge in [-0.15, -0.1) is 5.10 Å². The van der Waals surface area contributed by atoms with Gasteiger partial charge in [-0.25, -0.2) is 8.42 Å². The van der Waals surface area contributed by atoms with E-state index in [1.807, 2.05) is 0 Å². The number of rotatable bonds is 4. The Bertz CT molecular complexity index is 649. The molecule has 0 atom stereocenters. The molecule has 0 aliphatic heterocycles. The fourth-order valence-electron chi connectivity index (χ4n) is 1.59. The molecule has 1 aromatic heterocycles. The zero-order valence-corrected chi connectivity index (χ0v) is 11.0. The number of nitrogens with one attached hydrogen (secondary N) is 1. The van der Waals surface area contributed by atoms with Crippen LogP contribution in [0.2, 0.25) is 0 Å². The average molecular weight is 266 g/mol. The van der Waals surface area contributed by atoms with Gasteiger partial charge in [0.25, 0.3) is 0 Å². The van der Waals surface area contributed by atoms with Crippen LogP contribution in [0.5, 0.6) is 0 Å². The highest BCUT2D eigenvalue weighted by Crippen LogP contribution is 2.20. The highest BCUT2D eigenvalue weighted by atomic mass is 32.2. The number of anilines is 1. The number of aryl methyl sites for hydroxylation is 1. The molecule has 0 aliphatic carbocycles. The first kappa shape index (κ1) is 12.6. The van der Waals surface area contributed by atoms with Gasteiger partial charge in [0.15, 0.2) is 9.84 Å². The van der Waals surface area contributed by atoms with E-state index in [1.54, 1.807) is 42.2 Å². The molecular formula is C11H14N4O2S. The number of aromatic nitrogens is 3. The first-order chi connectivity index (χ1) is 8.48. The SMILES string of the molecule is Cn1nncc1CNc1ccccc1S(C)(=O)=O. The number of hydrogen-bond donors (Lipinski definition) is 1. The summed E-state index contributed by atoms with van der Waals surface area (Å²) in [6.45, 7) is 0.468. The molecule has 0 unspecified atom stereocenters. The molecule has 18 heavy (non-hydrogen) atoms. The van der Waals surface area contributed by atoms with Crippen molar-refractivity contribution in [3.05, 3.63) is 36.2 Å². The van der Waals surface area contributed by atoms with Crippen molar-refractivity contribution in [1.29, 1.82) is 0 Å². The monoisotopic (exact) mass is 266 g/mol. The number of para-hydroxylation sites is 1. The van der Waals surface area contributed by atoms with Crippen LogP contribution in [0.1, 0.15) is 5.69 Å². The van der Waals surface area contributed by atoms with Gasteiger partial charge < -0.3 is 5.32 Å². The quantitative estimate of drug-likeness (QED) is 0.887. The predicted octanol–water partition coefficient (Wildman–Crippen LogP) is 0.831. The number of nitrogens with zero attached hydrogens (tertiary/aromatic N) is 3. The minimum absolute atomic E-state index is 0.292. The molecule has 1 heterocycles. The molecule has 6 nitrogen and oxygen atoms in total. The number of benzene rings is 1. The summed E-state index contributed by atoms with van der Waals surface area (Å²) in [7, 11) is -1.45. The van der Waals surface area contributed by atoms with Crippen molar-refractivity contribution in [1.82, 2.24) is 15.0 Å². The van der Waals surface area contributed by atoms with E-state index in [9.17, 15) is 8.42 Å². The van der Waals surface area contributed by atoms with E-state index in [0.717, 1.165) is 5.69 Å². The highest BCUT2D eigenvalue weighted by Gasteiger charge is 2.12. The minimum atomic E-state index is -3.24. The maximum atomic E-state index is 11.6. The fourth-order valence-corrected chi connectivity index (χ4v) is 2.46. The standard InChI is InChI=1S/C11H14N4O2S/c1-15-9(8-13-14-15)7-12-10-5-3-4-6-11(10)18(2,16)17/h3-6,8,12H,7H2,1-2H3. The molecule has 1 N–H and O–H groups in total. The van der Waals surface area contributed by atoms with Crippen LogP contribution < -0.4 is 5.32 Å². The first-order valence-corrected chi connectivity index (χ1v) is 7.24. The lowest BCUT2D eigenvalue weighted by Gasteiger charge is -2.10. The van der Waals surface area contributed by atoms with E-state index in [4.69, 9.17) is 0 Å². The van der Waals surface area contributed by atoms with Crippen LogP contribution in [-0.4, -0.2) is 29.7 Å². The molecule has 1 aromatic carbocycles. The molecule has 0 fully saturated rings. The third-order valence-corrected chi connectivity index (χ3v) is 3.71. The van der Waals surface area contributed by atoms with Crippen LogP contribution in [0.15, 0.2) is 35.4 Å². The van der Waals surface area contributed by atoms with E-state index in [0.29, 0.717) is 17.1 Å². The maximum Gasteiger partial charge on any atom is 0.177 e. The maximum absolute atomic E-state index is 11.6. The van der Waals surface area contributed by atoms with Gasteiger partial charge in [-0.2, -0.15) is 0 Å². The van der Waals surface area contributed by atoms with Crippen LogP contribution in [0.25, 0.3) is 0 Å². The van der Waals surface area contributed by atoms with Crippen molar-refractivity contribution in [2.75, 3.05) is 11.6 Å². The zero-order valence-electron chi connectivity index (χ0n) is 10.2. The fraction of sp³-hybridized carbons (Fsp3) is 0.273. The van der Waals surface area contributed by atoms with Gasteiger partial charge in [0, 0.05) is 13.3 Å². The average Bonchev–Trinajstić information content (AvgIpc) is 2.71. The molecule has 0 saturated heterocycles. The molecule has 2 aromatic rings. The highest BCUT2D eigenvalue weighted by molar-refractivity contribution is 7.90. The van der Waals surface area contributed by atoms with Gasteiger partial charge in [0.1, 0.15) is 0 Å². The van der Waals surface area contributed by atoms with Gasteiger partial charge in [0.2, 0.25) is 0 Å². The van der Waals surface area contributed by atoms with E-state index in [2.05, 4.69) is 15.6 Å². The molecule has 0 aliphatic rings. The lowest BCUT2D eigenvalue weighted by Crippen LogP contribution is -2.08. The second-order valence-corrected chi connectivity index (χ2v) is 5.95. The summed E-state index contributed by atoms with van der Waals surface area (Å²) >= 11 is 0. The normalized spacial score (nSPS) is 11.4. The Labute approximate surface area is 106 Å². The van der Waals surface area contributed by atoms with Gasteiger partial charge in [-0.1, -0.05) is 17.3 Å². The second-order valence-electron chi connectivity index (χ2n) is 3.97. The molecule has 7 heteroatoms. The van der Waals surface area contributed by atoms with Gasteiger partial charge in [0.05, 0.1) is 29.0 Å². The van der Waals surface area contributed by atoms with E-state index < -0.39 is 9.84 Å². The Kier molecular flexibility index (Phi) is 3.33. The Hall–Kier alpha value is -1.89. The largest absolute Gasteiger partial charge is 0.378 e. The molecule has 0 spiro atoms. The van der Waals surface area contributed by atoms with E-state index in [1.165, 1.54) is 6.26 Å². The topological polar surface area (TPSA) is 76.9 Å². The number of sulfone groups is 1. The van der Waals surface area contributed by atoms with Crippen molar-refractivity contribution in [3.63, 3.8) is 0 Å². The van der Waals surface area contributed by atoms with Crippen molar-refractivity contribution >= 4 is 15.5 Å². The van der Waals surface area contributed by atoms with Crippen LogP contribution in [0.4, 0.5) is 5.69 Å². The third kappa shape index (κ3) is 2.67. The Balaban J connectivity index is 2.23. The smallest absolute Gasteiger partial charge is 0.177 e. The predicted molar refractivity (Wildman–Crippen MR) is 67.9 cm³/mol. The summed E-state index contributed by atoms with van der Waals surface area (Å²) in [6, 6.07) is 6.81.